The zero-order valence-electron chi connectivity index (χ0n) is 14.6. The minimum Gasteiger partial charge on any atom is -0.342 e. The molecule has 0 aliphatic carbocycles. The second-order valence-corrected chi connectivity index (χ2v) is 7.24. The number of hydrogen-bond acceptors (Lipinski definition) is 3. The molecule has 3 unspecified atom stereocenters. The number of rotatable bonds is 4. The molecule has 2 saturated heterocycles. The molecule has 134 valence electrons. The molecule has 2 N–H and O–H groups in total. The molecule has 3 atom stereocenters. The molecule has 5 heteroatoms. The average Bonchev–Trinajstić information content (AvgIpc) is 2.55. The van der Waals surface area contributed by atoms with Gasteiger partial charge in [0, 0.05) is 38.1 Å². The molecule has 4 nitrogen and oxygen atoms in total. The van der Waals surface area contributed by atoms with Crippen LogP contribution in [0, 0.1) is 5.92 Å². The minimum atomic E-state index is -0.0406. The van der Waals surface area contributed by atoms with Gasteiger partial charge < -0.3 is 10.6 Å². The number of nitrogens with zero attached hydrogens (tertiary/aromatic N) is 2. The largest absolute Gasteiger partial charge is 0.342 e. The Kier molecular flexibility index (Phi) is 7.08. The molecular weight excluding hydrogens is 322 g/mol. The Morgan fingerprint density at radius 2 is 2.00 bits per heavy atom. The van der Waals surface area contributed by atoms with Crippen LogP contribution in [-0.2, 0) is 11.3 Å². The predicted molar refractivity (Wildman–Crippen MR) is 100 cm³/mol. The first-order valence-corrected chi connectivity index (χ1v) is 8.95. The van der Waals surface area contributed by atoms with Gasteiger partial charge in [-0.1, -0.05) is 30.3 Å². The van der Waals surface area contributed by atoms with Crippen LogP contribution in [0.1, 0.15) is 38.2 Å². The molecule has 1 amide bonds. The van der Waals surface area contributed by atoms with Crippen LogP contribution in [0.25, 0.3) is 0 Å². The van der Waals surface area contributed by atoms with Crippen molar-refractivity contribution < 1.29 is 4.79 Å². The van der Waals surface area contributed by atoms with E-state index in [-0.39, 0.29) is 24.4 Å². The van der Waals surface area contributed by atoms with Crippen LogP contribution in [0.3, 0.4) is 0 Å². The highest BCUT2D eigenvalue weighted by Crippen LogP contribution is 2.31. The smallest absolute Gasteiger partial charge is 0.224 e. The van der Waals surface area contributed by atoms with E-state index in [0.717, 1.165) is 26.1 Å². The topological polar surface area (TPSA) is 49.6 Å². The highest BCUT2D eigenvalue weighted by molar-refractivity contribution is 5.85. The van der Waals surface area contributed by atoms with E-state index in [1.165, 1.54) is 24.9 Å². The van der Waals surface area contributed by atoms with Crippen molar-refractivity contribution in [1.29, 1.82) is 0 Å². The highest BCUT2D eigenvalue weighted by atomic mass is 35.5. The fourth-order valence-corrected chi connectivity index (χ4v) is 4.15. The fourth-order valence-electron chi connectivity index (χ4n) is 4.15. The normalized spacial score (nSPS) is 25.5. The third-order valence-corrected chi connectivity index (χ3v) is 5.26. The summed E-state index contributed by atoms with van der Waals surface area (Å²) in [4.78, 5) is 17.0. The summed E-state index contributed by atoms with van der Waals surface area (Å²) in [5.41, 5.74) is 7.18. The van der Waals surface area contributed by atoms with E-state index in [1.807, 2.05) is 6.92 Å². The zero-order chi connectivity index (χ0) is 16.2. The third-order valence-electron chi connectivity index (χ3n) is 5.26. The molecule has 1 aromatic carbocycles. The Bertz CT molecular complexity index is 523. The quantitative estimate of drug-likeness (QED) is 0.907. The first-order valence-electron chi connectivity index (χ1n) is 8.95. The fraction of sp³-hybridized carbons (Fsp3) is 0.632. The molecule has 24 heavy (non-hydrogen) atoms. The number of carbonyl (C=O) groups is 1. The van der Waals surface area contributed by atoms with Gasteiger partial charge in [0.2, 0.25) is 5.91 Å². The molecule has 2 aliphatic heterocycles. The lowest BCUT2D eigenvalue weighted by Crippen LogP contribution is -2.55. The van der Waals surface area contributed by atoms with Gasteiger partial charge >= 0.3 is 0 Å². The molecular formula is C19H30ClN3O. The van der Waals surface area contributed by atoms with Gasteiger partial charge in [-0.25, -0.2) is 0 Å². The summed E-state index contributed by atoms with van der Waals surface area (Å²) in [7, 11) is 0. The van der Waals surface area contributed by atoms with Crippen molar-refractivity contribution in [3.63, 3.8) is 0 Å². The molecule has 0 radical (unpaired) electrons. The highest BCUT2D eigenvalue weighted by Gasteiger charge is 2.37. The van der Waals surface area contributed by atoms with E-state index < -0.39 is 0 Å². The SMILES string of the molecule is CC(N)CC(=O)N1CCC2C(CCCN2Cc2ccccc2)C1.Cl. The van der Waals surface area contributed by atoms with Gasteiger partial charge in [0.1, 0.15) is 0 Å². The summed E-state index contributed by atoms with van der Waals surface area (Å²) in [6.45, 7) is 5.94. The van der Waals surface area contributed by atoms with Crippen LogP contribution in [0.4, 0.5) is 0 Å². The minimum absolute atomic E-state index is 0. The summed E-state index contributed by atoms with van der Waals surface area (Å²) < 4.78 is 0. The lowest BCUT2D eigenvalue weighted by atomic mass is 9.83. The van der Waals surface area contributed by atoms with Crippen LogP contribution < -0.4 is 5.73 Å². The maximum Gasteiger partial charge on any atom is 0.224 e. The maximum atomic E-state index is 12.3. The van der Waals surface area contributed by atoms with E-state index in [4.69, 9.17) is 5.73 Å². The number of fused-ring (bicyclic) bond motifs is 1. The number of piperidine rings is 2. The Balaban J connectivity index is 0.00000208. The Labute approximate surface area is 151 Å². The number of hydrogen-bond donors (Lipinski definition) is 1. The average molecular weight is 352 g/mol. The lowest BCUT2D eigenvalue weighted by Gasteiger charge is -2.47. The van der Waals surface area contributed by atoms with Gasteiger partial charge in [0.25, 0.3) is 0 Å². The third kappa shape index (κ3) is 4.71. The van der Waals surface area contributed by atoms with Gasteiger partial charge in [0.05, 0.1) is 0 Å². The van der Waals surface area contributed by atoms with Gasteiger partial charge in [-0.3, -0.25) is 9.69 Å². The summed E-state index contributed by atoms with van der Waals surface area (Å²) in [5, 5.41) is 0. The molecule has 3 rings (SSSR count). The van der Waals surface area contributed by atoms with Crippen LogP contribution in [0.2, 0.25) is 0 Å². The summed E-state index contributed by atoms with van der Waals surface area (Å²) in [6.07, 6.45) is 4.06. The van der Waals surface area contributed by atoms with Crippen LogP contribution in [-0.4, -0.2) is 47.4 Å². The van der Waals surface area contributed by atoms with Crippen molar-refractivity contribution in [3.05, 3.63) is 35.9 Å². The number of amides is 1. The number of carbonyl (C=O) groups excluding carboxylic acids is 1. The van der Waals surface area contributed by atoms with Crippen molar-refractivity contribution in [2.24, 2.45) is 11.7 Å². The second kappa shape index (κ2) is 8.84. The first-order chi connectivity index (χ1) is 11.1. The van der Waals surface area contributed by atoms with Crippen molar-refractivity contribution >= 4 is 18.3 Å². The number of halogens is 1. The molecule has 2 fully saturated rings. The molecule has 0 bridgehead atoms. The Morgan fingerprint density at radius 1 is 1.25 bits per heavy atom. The maximum absolute atomic E-state index is 12.3. The van der Waals surface area contributed by atoms with Crippen LogP contribution in [0.15, 0.2) is 30.3 Å². The predicted octanol–water partition coefficient (Wildman–Crippen LogP) is 2.66. The molecule has 0 saturated carbocycles. The van der Waals surface area contributed by atoms with Crippen molar-refractivity contribution in [2.45, 2.75) is 51.2 Å². The van der Waals surface area contributed by atoms with Gasteiger partial charge in [-0.2, -0.15) is 0 Å². The van der Waals surface area contributed by atoms with Gasteiger partial charge in [0.15, 0.2) is 0 Å². The van der Waals surface area contributed by atoms with Gasteiger partial charge in [-0.15, -0.1) is 12.4 Å². The van der Waals surface area contributed by atoms with Crippen molar-refractivity contribution in [1.82, 2.24) is 9.80 Å². The first kappa shape index (κ1) is 19.2. The standard InChI is InChI=1S/C19H29N3O.ClH/c1-15(20)12-19(23)22-11-9-18-17(14-22)8-5-10-21(18)13-16-6-3-2-4-7-16;/h2-4,6-7,15,17-18H,5,8-14,20H2,1H3;1H. The molecule has 1 aromatic rings. The number of likely N-dealkylation sites (tertiary alicyclic amines) is 2. The van der Waals surface area contributed by atoms with E-state index in [9.17, 15) is 4.79 Å². The monoisotopic (exact) mass is 351 g/mol. The van der Waals surface area contributed by atoms with Crippen LogP contribution >= 0.6 is 12.4 Å². The Morgan fingerprint density at radius 3 is 2.71 bits per heavy atom. The Hall–Kier alpha value is -1.10. The van der Waals surface area contributed by atoms with Crippen molar-refractivity contribution in [3.8, 4) is 0 Å². The van der Waals surface area contributed by atoms with Crippen molar-refractivity contribution in [2.75, 3.05) is 19.6 Å². The van der Waals surface area contributed by atoms with E-state index in [0.29, 0.717) is 18.4 Å². The number of nitrogens with two attached hydrogens (primary N) is 1. The van der Waals surface area contributed by atoms with E-state index in [2.05, 4.69) is 40.1 Å². The van der Waals surface area contributed by atoms with E-state index in [1.54, 1.807) is 0 Å². The summed E-state index contributed by atoms with van der Waals surface area (Å²) >= 11 is 0. The second-order valence-electron chi connectivity index (χ2n) is 7.24. The zero-order valence-corrected chi connectivity index (χ0v) is 15.4. The molecule has 0 aromatic heterocycles. The molecule has 2 heterocycles. The summed E-state index contributed by atoms with van der Waals surface area (Å²) in [5.74, 6) is 0.858. The lowest BCUT2D eigenvalue weighted by molar-refractivity contribution is -0.135. The van der Waals surface area contributed by atoms with E-state index >= 15 is 0 Å². The van der Waals surface area contributed by atoms with Gasteiger partial charge in [-0.05, 0) is 44.2 Å². The molecule has 2 aliphatic rings. The van der Waals surface area contributed by atoms with Crippen LogP contribution in [0.5, 0.6) is 0 Å². The number of benzene rings is 1. The molecule has 0 spiro atoms. The summed E-state index contributed by atoms with van der Waals surface area (Å²) in [6, 6.07) is 11.3.